The van der Waals surface area contributed by atoms with Crippen LogP contribution in [0.5, 0.6) is 0 Å². The normalized spacial score (nSPS) is 13.9. The van der Waals surface area contributed by atoms with Gasteiger partial charge in [0.2, 0.25) is 0 Å². The van der Waals surface area contributed by atoms with E-state index in [9.17, 15) is 4.57 Å². The summed E-state index contributed by atoms with van der Waals surface area (Å²) in [5, 5.41) is 2.91. The topological polar surface area (TPSA) is 60.7 Å². The van der Waals surface area contributed by atoms with Gasteiger partial charge in [0.25, 0.3) is 0 Å². The Labute approximate surface area is 95.7 Å². The molecule has 6 heteroatoms. The quantitative estimate of drug-likeness (QED) is 0.751. The van der Waals surface area contributed by atoms with E-state index in [0.717, 1.165) is 0 Å². The van der Waals surface area contributed by atoms with E-state index in [-0.39, 0.29) is 0 Å². The van der Waals surface area contributed by atoms with E-state index in [1.54, 1.807) is 33.0 Å². The molecule has 0 fully saturated rings. The Hall–Kier alpha value is -0.610. The van der Waals surface area contributed by atoms with Crippen LogP contribution >= 0.6 is 7.60 Å². The Morgan fingerprint density at radius 3 is 2.44 bits per heavy atom. The van der Waals surface area contributed by atoms with E-state index in [4.69, 9.17) is 13.5 Å². The van der Waals surface area contributed by atoms with Gasteiger partial charge in [0.1, 0.15) is 5.76 Å². The fourth-order valence-corrected chi connectivity index (χ4v) is 3.32. The number of nitrogens with one attached hydrogen (secondary N) is 1. The van der Waals surface area contributed by atoms with Crippen molar-refractivity contribution in [2.75, 3.05) is 20.3 Å². The second-order valence-corrected chi connectivity index (χ2v) is 5.19. The molecule has 1 unspecified atom stereocenters. The maximum Gasteiger partial charge on any atom is 0.355 e. The molecule has 0 aliphatic heterocycles. The van der Waals surface area contributed by atoms with Crippen LogP contribution in [0.1, 0.15) is 25.4 Å². The van der Waals surface area contributed by atoms with E-state index in [0.29, 0.717) is 19.0 Å². The van der Waals surface area contributed by atoms with Crippen molar-refractivity contribution in [1.82, 2.24) is 5.32 Å². The van der Waals surface area contributed by atoms with Crippen LogP contribution in [0.3, 0.4) is 0 Å². The molecule has 0 saturated carbocycles. The number of rotatable bonds is 7. The maximum atomic E-state index is 12.5. The Morgan fingerprint density at radius 1 is 1.44 bits per heavy atom. The van der Waals surface area contributed by atoms with Gasteiger partial charge in [-0.25, -0.2) is 0 Å². The standard InChI is InChI=1S/C10H18NO4P/c1-4-14-16(12,15-5-2)10(11-3)9-7-6-8-13-9/h6-8,10-11H,4-5H2,1-3H3. The fraction of sp³-hybridized carbons (Fsp3) is 0.600. The first-order chi connectivity index (χ1) is 7.68. The van der Waals surface area contributed by atoms with Gasteiger partial charge in [-0.05, 0) is 33.0 Å². The lowest BCUT2D eigenvalue weighted by molar-refractivity contribution is 0.205. The van der Waals surface area contributed by atoms with E-state index in [1.165, 1.54) is 6.26 Å². The van der Waals surface area contributed by atoms with Gasteiger partial charge in [0, 0.05) is 0 Å². The number of furan rings is 1. The monoisotopic (exact) mass is 247 g/mol. The molecule has 0 spiro atoms. The molecule has 1 aromatic rings. The molecule has 92 valence electrons. The molecule has 0 aromatic carbocycles. The van der Waals surface area contributed by atoms with Crippen LogP contribution in [0.4, 0.5) is 0 Å². The van der Waals surface area contributed by atoms with Crippen molar-refractivity contribution in [3.63, 3.8) is 0 Å². The average molecular weight is 247 g/mol. The minimum Gasteiger partial charge on any atom is -0.467 e. The maximum absolute atomic E-state index is 12.5. The third-order valence-corrected chi connectivity index (χ3v) is 4.40. The van der Waals surface area contributed by atoms with E-state index < -0.39 is 13.4 Å². The molecular weight excluding hydrogens is 229 g/mol. The van der Waals surface area contributed by atoms with Crippen LogP contribution in [0.25, 0.3) is 0 Å². The molecule has 1 heterocycles. The van der Waals surface area contributed by atoms with Gasteiger partial charge >= 0.3 is 7.60 Å². The highest BCUT2D eigenvalue weighted by Crippen LogP contribution is 2.59. The number of hydrogen-bond acceptors (Lipinski definition) is 5. The zero-order chi connectivity index (χ0) is 12.0. The van der Waals surface area contributed by atoms with Crippen LogP contribution in [0.15, 0.2) is 22.8 Å². The van der Waals surface area contributed by atoms with E-state index in [2.05, 4.69) is 5.32 Å². The second-order valence-electron chi connectivity index (χ2n) is 3.08. The molecular formula is C10H18NO4P. The molecule has 1 atom stereocenters. The Balaban J connectivity index is 2.94. The van der Waals surface area contributed by atoms with Gasteiger partial charge in [-0.3, -0.25) is 4.57 Å². The van der Waals surface area contributed by atoms with Crippen LogP contribution < -0.4 is 5.32 Å². The first-order valence-corrected chi connectivity index (χ1v) is 6.88. The summed E-state index contributed by atoms with van der Waals surface area (Å²) in [5.41, 5.74) is 0. The lowest BCUT2D eigenvalue weighted by Crippen LogP contribution is -2.19. The van der Waals surface area contributed by atoms with Crippen molar-refractivity contribution in [3.05, 3.63) is 24.2 Å². The molecule has 0 radical (unpaired) electrons. The van der Waals surface area contributed by atoms with Gasteiger partial charge in [-0.15, -0.1) is 0 Å². The summed E-state index contributed by atoms with van der Waals surface area (Å²) in [7, 11) is -1.53. The summed E-state index contributed by atoms with van der Waals surface area (Å²) in [4.78, 5) is 0. The summed E-state index contributed by atoms with van der Waals surface area (Å²) in [5.74, 6) is -0.0184. The Bertz CT molecular complexity index is 329. The Kier molecular flexibility index (Phi) is 5.22. The molecule has 5 nitrogen and oxygen atoms in total. The summed E-state index contributed by atoms with van der Waals surface area (Å²) in [6, 6.07) is 3.48. The van der Waals surface area contributed by atoms with Gasteiger partial charge < -0.3 is 18.8 Å². The third-order valence-electron chi connectivity index (χ3n) is 2.02. The summed E-state index contributed by atoms with van der Waals surface area (Å²) >= 11 is 0. The van der Waals surface area contributed by atoms with Crippen molar-refractivity contribution >= 4 is 7.60 Å². The Morgan fingerprint density at radius 2 is 2.06 bits per heavy atom. The van der Waals surface area contributed by atoms with Gasteiger partial charge in [0.15, 0.2) is 5.78 Å². The molecule has 0 amide bonds. The molecule has 16 heavy (non-hydrogen) atoms. The predicted molar refractivity (Wildman–Crippen MR) is 61.4 cm³/mol. The highest BCUT2D eigenvalue weighted by Gasteiger charge is 2.37. The highest BCUT2D eigenvalue weighted by atomic mass is 31.2. The largest absolute Gasteiger partial charge is 0.467 e. The van der Waals surface area contributed by atoms with Crippen LogP contribution in [-0.4, -0.2) is 20.3 Å². The zero-order valence-corrected chi connectivity index (χ0v) is 10.7. The minimum atomic E-state index is -3.22. The van der Waals surface area contributed by atoms with Crippen LogP contribution in [0, 0.1) is 0 Å². The first-order valence-electron chi connectivity index (χ1n) is 5.27. The predicted octanol–water partition coefficient (Wildman–Crippen LogP) is 2.76. The minimum absolute atomic E-state index is 0.330. The van der Waals surface area contributed by atoms with Crippen molar-refractivity contribution < 1.29 is 18.0 Å². The fourth-order valence-electron chi connectivity index (χ4n) is 1.45. The second kappa shape index (κ2) is 6.21. The van der Waals surface area contributed by atoms with Crippen molar-refractivity contribution in [2.45, 2.75) is 19.6 Å². The van der Waals surface area contributed by atoms with Crippen LogP contribution in [-0.2, 0) is 13.6 Å². The molecule has 1 N–H and O–H groups in total. The first kappa shape index (κ1) is 13.5. The SMILES string of the molecule is CCOP(=O)(OCC)C(NC)c1ccco1. The van der Waals surface area contributed by atoms with Gasteiger partial charge in [0.05, 0.1) is 19.5 Å². The third kappa shape index (κ3) is 2.95. The van der Waals surface area contributed by atoms with Crippen molar-refractivity contribution in [2.24, 2.45) is 0 Å². The van der Waals surface area contributed by atoms with Crippen molar-refractivity contribution in [3.8, 4) is 0 Å². The average Bonchev–Trinajstić information content (AvgIpc) is 2.72. The molecule has 0 saturated heterocycles. The zero-order valence-electron chi connectivity index (χ0n) is 9.80. The number of hydrogen-bond donors (Lipinski definition) is 1. The van der Waals surface area contributed by atoms with E-state index in [1.807, 2.05) is 0 Å². The molecule has 1 aromatic heterocycles. The summed E-state index contributed by atoms with van der Waals surface area (Å²) in [6.45, 7) is 4.22. The van der Waals surface area contributed by atoms with Gasteiger partial charge in [-0.2, -0.15) is 0 Å². The summed E-state index contributed by atoms with van der Waals surface area (Å²) in [6.07, 6.45) is 1.53. The van der Waals surface area contributed by atoms with E-state index >= 15 is 0 Å². The molecule has 0 bridgehead atoms. The molecule has 0 aliphatic carbocycles. The molecule has 0 aliphatic rings. The van der Waals surface area contributed by atoms with Gasteiger partial charge in [-0.1, -0.05) is 0 Å². The van der Waals surface area contributed by atoms with Crippen molar-refractivity contribution in [1.29, 1.82) is 0 Å². The smallest absolute Gasteiger partial charge is 0.355 e. The lowest BCUT2D eigenvalue weighted by atomic mass is 10.4. The highest BCUT2D eigenvalue weighted by molar-refractivity contribution is 7.54. The van der Waals surface area contributed by atoms with Crippen LogP contribution in [0.2, 0.25) is 0 Å². The lowest BCUT2D eigenvalue weighted by Gasteiger charge is -2.24. The molecule has 1 rings (SSSR count). The summed E-state index contributed by atoms with van der Waals surface area (Å²) < 4.78 is 28.2.